The molecule has 2 N–H and O–H groups in total. The summed E-state index contributed by atoms with van der Waals surface area (Å²) in [6, 6.07) is 1.66. The molecule has 3 heteroatoms. The van der Waals surface area contributed by atoms with Crippen LogP contribution in [0.3, 0.4) is 0 Å². The number of rotatable bonds is 0. The van der Waals surface area contributed by atoms with Crippen molar-refractivity contribution in [3.8, 4) is 0 Å². The molecule has 0 radical (unpaired) electrons. The molecule has 2 atom stereocenters. The number of aliphatic hydroxyl groups is 2. The minimum absolute atomic E-state index is 0.628. The van der Waals surface area contributed by atoms with Crippen molar-refractivity contribution < 1.29 is 14.6 Å². The SMILES string of the molecule is O[C@@H]1c2ccoc2C=C[C@@H]1O. The van der Waals surface area contributed by atoms with Gasteiger partial charge in [0.05, 0.1) is 6.26 Å². The van der Waals surface area contributed by atoms with Gasteiger partial charge in [0, 0.05) is 5.56 Å². The predicted octanol–water partition coefficient (Wildman–Crippen LogP) is 0.701. The monoisotopic (exact) mass is 152 g/mol. The molecule has 11 heavy (non-hydrogen) atoms. The summed E-state index contributed by atoms with van der Waals surface area (Å²) in [6.07, 6.45) is 3.02. The summed E-state index contributed by atoms with van der Waals surface area (Å²) in [6.45, 7) is 0. The zero-order chi connectivity index (χ0) is 7.84. The van der Waals surface area contributed by atoms with Crippen molar-refractivity contribution >= 4 is 6.08 Å². The van der Waals surface area contributed by atoms with Crippen molar-refractivity contribution in [2.75, 3.05) is 0 Å². The van der Waals surface area contributed by atoms with Crippen molar-refractivity contribution in [3.63, 3.8) is 0 Å². The molecule has 0 fully saturated rings. The second kappa shape index (κ2) is 2.22. The Balaban J connectivity index is 2.48. The van der Waals surface area contributed by atoms with Crippen LogP contribution in [-0.4, -0.2) is 16.3 Å². The lowest BCUT2D eigenvalue weighted by Crippen LogP contribution is -2.18. The minimum atomic E-state index is -0.839. The Hall–Kier alpha value is -1.06. The Morgan fingerprint density at radius 3 is 3.00 bits per heavy atom. The Labute approximate surface area is 63.6 Å². The molecule has 0 bridgehead atoms. The fourth-order valence-corrected chi connectivity index (χ4v) is 1.19. The van der Waals surface area contributed by atoms with E-state index in [1.54, 1.807) is 12.1 Å². The van der Waals surface area contributed by atoms with E-state index in [0.29, 0.717) is 11.3 Å². The van der Waals surface area contributed by atoms with Crippen LogP contribution in [-0.2, 0) is 0 Å². The standard InChI is InChI=1S/C8H8O3/c9-6-1-2-7-5(8(6)10)3-4-11-7/h1-4,6,8-10H/t6-,8+/m0/s1. The Morgan fingerprint density at radius 2 is 2.18 bits per heavy atom. The van der Waals surface area contributed by atoms with Gasteiger partial charge in [-0.3, -0.25) is 0 Å². The first kappa shape index (κ1) is 6.64. The molecule has 0 saturated carbocycles. The highest BCUT2D eigenvalue weighted by molar-refractivity contribution is 5.52. The summed E-state index contributed by atoms with van der Waals surface area (Å²) in [7, 11) is 0. The van der Waals surface area contributed by atoms with Gasteiger partial charge in [-0.1, -0.05) is 0 Å². The lowest BCUT2D eigenvalue weighted by Gasteiger charge is -2.17. The molecule has 0 saturated heterocycles. The summed E-state index contributed by atoms with van der Waals surface area (Å²) in [5.41, 5.74) is 0.653. The van der Waals surface area contributed by atoms with E-state index in [0.717, 1.165) is 0 Å². The summed E-state index contributed by atoms with van der Waals surface area (Å²) in [5, 5.41) is 18.5. The third kappa shape index (κ3) is 0.895. The van der Waals surface area contributed by atoms with Crippen molar-refractivity contribution in [1.29, 1.82) is 0 Å². The fourth-order valence-electron chi connectivity index (χ4n) is 1.19. The molecular weight excluding hydrogens is 144 g/mol. The zero-order valence-electron chi connectivity index (χ0n) is 5.77. The van der Waals surface area contributed by atoms with Gasteiger partial charge in [-0.15, -0.1) is 0 Å². The molecule has 1 aliphatic rings. The van der Waals surface area contributed by atoms with Gasteiger partial charge in [0.1, 0.15) is 18.0 Å². The maximum absolute atomic E-state index is 9.36. The van der Waals surface area contributed by atoms with Crippen LogP contribution in [0.2, 0.25) is 0 Å². The molecule has 1 heterocycles. The van der Waals surface area contributed by atoms with Crippen molar-refractivity contribution in [2.45, 2.75) is 12.2 Å². The summed E-state index contributed by atoms with van der Waals surface area (Å²) >= 11 is 0. The highest BCUT2D eigenvalue weighted by Gasteiger charge is 2.23. The molecule has 0 aliphatic heterocycles. The third-order valence-electron chi connectivity index (χ3n) is 1.81. The molecular formula is C8H8O3. The Kier molecular flexibility index (Phi) is 1.34. The zero-order valence-corrected chi connectivity index (χ0v) is 5.77. The minimum Gasteiger partial charge on any atom is -0.465 e. The van der Waals surface area contributed by atoms with Crippen molar-refractivity contribution in [1.82, 2.24) is 0 Å². The third-order valence-corrected chi connectivity index (χ3v) is 1.81. The van der Waals surface area contributed by atoms with Crippen LogP contribution in [0.15, 0.2) is 22.8 Å². The smallest absolute Gasteiger partial charge is 0.132 e. The van der Waals surface area contributed by atoms with Gasteiger partial charge in [0.25, 0.3) is 0 Å². The second-order valence-electron chi connectivity index (χ2n) is 2.53. The predicted molar refractivity (Wildman–Crippen MR) is 38.7 cm³/mol. The van der Waals surface area contributed by atoms with Gasteiger partial charge in [0.15, 0.2) is 0 Å². The fraction of sp³-hybridized carbons (Fsp3) is 0.250. The van der Waals surface area contributed by atoms with Crippen molar-refractivity contribution in [3.05, 3.63) is 29.7 Å². The van der Waals surface area contributed by atoms with Crippen LogP contribution in [0.1, 0.15) is 17.4 Å². The van der Waals surface area contributed by atoms with E-state index in [1.807, 2.05) is 0 Å². The number of fused-ring (bicyclic) bond motifs is 1. The van der Waals surface area contributed by atoms with Crippen LogP contribution in [0.25, 0.3) is 6.08 Å². The molecule has 1 aromatic heterocycles. The normalized spacial score (nSPS) is 28.5. The summed E-state index contributed by atoms with van der Waals surface area (Å²) < 4.78 is 5.02. The number of hydrogen-bond donors (Lipinski definition) is 2. The van der Waals surface area contributed by atoms with Crippen LogP contribution in [0, 0.1) is 0 Å². The van der Waals surface area contributed by atoms with E-state index < -0.39 is 12.2 Å². The van der Waals surface area contributed by atoms with Gasteiger partial charge in [0.2, 0.25) is 0 Å². The van der Waals surface area contributed by atoms with Crippen LogP contribution in [0.5, 0.6) is 0 Å². The first-order chi connectivity index (χ1) is 5.29. The molecule has 58 valence electrons. The van der Waals surface area contributed by atoms with E-state index in [2.05, 4.69) is 0 Å². The van der Waals surface area contributed by atoms with Gasteiger partial charge >= 0.3 is 0 Å². The van der Waals surface area contributed by atoms with E-state index >= 15 is 0 Å². The molecule has 1 aliphatic carbocycles. The van der Waals surface area contributed by atoms with E-state index in [9.17, 15) is 5.11 Å². The highest BCUT2D eigenvalue weighted by Crippen LogP contribution is 2.28. The maximum Gasteiger partial charge on any atom is 0.132 e. The van der Waals surface area contributed by atoms with Crippen molar-refractivity contribution in [2.24, 2.45) is 0 Å². The lowest BCUT2D eigenvalue weighted by molar-refractivity contribution is 0.0462. The Morgan fingerprint density at radius 1 is 1.36 bits per heavy atom. The molecule has 0 spiro atoms. The van der Waals surface area contributed by atoms with Gasteiger partial charge in [-0.2, -0.15) is 0 Å². The largest absolute Gasteiger partial charge is 0.465 e. The molecule has 0 aromatic carbocycles. The Bertz CT molecular complexity index is 287. The van der Waals surface area contributed by atoms with Gasteiger partial charge in [-0.25, -0.2) is 0 Å². The molecule has 3 nitrogen and oxygen atoms in total. The van der Waals surface area contributed by atoms with E-state index in [4.69, 9.17) is 9.52 Å². The second-order valence-corrected chi connectivity index (χ2v) is 2.53. The molecule has 2 rings (SSSR count). The lowest BCUT2D eigenvalue weighted by atomic mass is 9.99. The van der Waals surface area contributed by atoms with Gasteiger partial charge < -0.3 is 14.6 Å². The average Bonchev–Trinajstić information content (AvgIpc) is 2.45. The highest BCUT2D eigenvalue weighted by atomic mass is 16.3. The van der Waals surface area contributed by atoms with E-state index in [-0.39, 0.29) is 0 Å². The molecule has 0 unspecified atom stereocenters. The van der Waals surface area contributed by atoms with Crippen LogP contribution < -0.4 is 0 Å². The maximum atomic E-state index is 9.36. The average molecular weight is 152 g/mol. The first-order valence-electron chi connectivity index (χ1n) is 3.41. The number of hydrogen-bond acceptors (Lipinski definition) is 3. The summed E-state index contributed by atoms with van der Waals surface area (Å²) in [4.78, 5) is 0. The quantitative estimate of drug-likeness (QED) is 0.575. The van der Waals surface area contributed by atoms with Crippen LogP contribution in [0.4, 0.5) is 0 Å². The number of furan rings is 1. The molecule has 0 amide bonds. The van der Waals surface area contributed by atoms with Crippen LogP contribution >= 0.6 is 0 Å². The molecule has 1 aromatic rings. The first-order valence-corrected chi connectivity index (χ1v) is 3.41. The number of aliphatic hydroxyl groups excluding tert-OH is 2. The van der Waals surface area contributed by atoms with Gasteiger partial charge in [-0.05, 0) is 18.2 Å². The topological polar surface area (TPSA) is 53.6 Å². The van der Waals surface area contributed by atoms with E-state index in [1.165, 1.54) is 12.3 Å². The summed E-state index contributed by atoms with van der Waals surface area (Å²) in [5.74, 6) is 0.628.